The summed E-state index contributed by atoms with van der Waals surface area (Å²) in [6.07, 6.45) is 4.74. The molecule has 0 atom stereocenters. The molecular formula is C13H14BrClN2. The summed E-state index contributed by atoms with van der Waals surface area (Å²) in [5.41, 5.74) is 2.32. The predicted molar refractivity (Wildman–Crippen MR) is 74.7 cm³/mol. The van der Waals surface area contributed by atoms with Crippen molar-refractivity contribution in [1.82, 2.24) is 9.55 Å². The fraction of sp³-hybridized carbons (Fsp3) is 0.462. The van der Waals surface area contributed by atoms with E-state index in [2.05, 4.69) is 38.7 Å². The maximum Gasteiger partial charge on any atom is 0.111 e. The summed E-state index contributed by atoms with van der Waals surface area (Å²) >= 11 is 9.37. The summed E-state index contributed by atoms with van der Waals surface area (Å²) in [6, 6.07) is 6.97. The molecule has 1 aromatic heterocycles. The van der Waals surface area contributed by atoms with Crippen LogP contribution in [-0.2, 0) is 6.42 Å². The Morgan fingerprint density at radius 2 is 2.24 bits per heavy atom. The van der Waals surface area contributed by atoms with Gasteiger partial charge in [-0.2, -0.15) is 0 Å². The van der Waals surface area contributed by atoms with Crippen LogP contribution in [0.2, 0.25) is 0 Å². The van der Waals surface area contributed by atoms with Gasteiger partial charge < -0.3 is 4.57 Å². The van der Waals surface area contributed by atoms with E-state index in [4.69, 9.17) is 16.6 Å². The van der Waals surface area contributed by atoms with Crippen molar-refractivity contribution in [3.8, 4) is 0 Å². The molecule has 0 bridgehead atoms. The molecule has 0 radical (unpaired) electrons. The highest BCUT2D eigenvalue weighted by Crippen LogP contribution is 2.36. The van der Waals surface area contributed by atoms with E-state index in [1.807, 2.05) is 0 Å². The number of nitrogens with zero attached hydrogens (tertiary/aromatic N) is 2. The maximum atomic E-state index is 5.87. The molecule has 0 spiro atoms. The number of alkyl halides is 1. The number of imidazole rings is 1. The third kappa shape index (κ3) is 2.00. The number of benzene rings is 1. The van der Waals surface area contributed by atoms with E-state index >= 15 is 0 Å². The van der Waals surface area contributed by atoms with Crippen molar-refractivity contribution in [1.29, 1.82) is 0 Å². The topological polar surface area (TPSA) is 17.8 Å². The highest BCUT2D eigenvalue weighted by atomic mass is 79.9. The van der Waals surface area contributed by atoms with Crippen LogP contribution in [-0.4, -0.2) is 15.4 Å². The zero-order chi connectivity index (χ0) is 11.8. The van der Waals surface area contributed by atoms with Gasteiger partial charge >= 0.3 is 0 Å². The third-order valence-corrected chi connectivity index (χ3v) is 4.16. The fourth-order valence-electron chi connectivity index (χ4n) is 2.44. The predicted octanol–water partition coefficient (Wildman–Crippen LogP) is 4.31. The zero-order valence-corrected chi connectivity index (χ0v) is 11.8. The molecule has 1 heterocycles. The molecule has 3 rings (SSSR count). The minimum Gasteiger partial charge on any atom is -0.325 e. The number of hydrogen-bond acceptors (Lipinski definition) is 1. The summed E-state index contributed by atoms with van der Waals surface area (Å²) in [6.45, 7) is 0. The van der Waals surface area contributed by atoms with Crippen molar-refractivity contribution >= 4 is 38.6 Å². The lowest BCUT2D eigenvalue weighted by atomic mass is 9.92. The average molecular weight is 314 g/mol. The first-order chi connectivity index (χ1) is 8.29. The minimum atomic E-state index is 0.636. The first-order valence-corrected chi connectivity index (χ1v) is 7.34. The van der Waals surface area contributed by atoms with Crippen LogP contribution in [0.5, 0.6) is 0 Å². The molecule has 0 aliphatic heterocycles. The van der Waals surface area contributed by atoms with Gasteiger partial charge in [-0.1, -0.05) is 15.9 Å². The lowest BCUT2D eigenvalue weighted by Crippen LogP contribution is -2.19. The van der Waals surface area contributed by atoms with Gasteiger partial charge in [-0.15, -0.1) is 11.6 Å². The van der Waals surface area contributed by atoms with Crippen molar-refractivity contribution in [2.24, 2.45) is 0 Å². The van der Waals surface area contributed by atoms with Gasteiger partial charge in [-0.05, 0) is 37.5 Å². The van der Waals surface area contributed by atoms with Crippen LogP contribution in [0.15, 0.2) is 22.7 Å². The zero-order valence-electron chi connectivity index (χ0n) is 9.50. The second-order valence-electron chi connectivity index (χ2n) is 4.55. The molecule has 0 unspecified atom stereocenters. The van der Waals surface area contributed by atoms with Gasteiger partial charge in [0, 0.05) is 22.8 Å². The molecule has 1 aliphatic rings. The molecule has 4 heteroatoms. The Kier molecular flexibility index (Phi) is 3.14. The minimum absolute atomic E-state index is 0.636. The van der Waals surface area contributed by atoms with E-state index in [1.165, 1.54) is 24.8 Å². The molecule has 1 saturated carbocycles. The van der Waals surface area contributed by atoms with Crippen LogP contribution in [0.25, 0.3) is 11.0 Å². The molecule has 0 amide bonds. The van der Waals surface area contributed by atoms with Crippen LogP contribution < -0.4 is 0 Å². The van der Waals surface area contributed by atoms with E-state index in [0.717, 1.165) is 22.2 Å². The molecule has 2 aromatic rings. The summed E-state index contributed by atoms with van der Waals surface area (Å²) in [5.74, 6) is 1.77. The number of aryl methyl sites for hydroxylation is 1. The SMILES string of the molecule is ClCCc1nc2cc(Br)ccc2n1C1CCC1. The van der Waals surface area contributed by atoms with E-state index in [-0.39, 0.29) is 0 Å². The summed E-state index contributed by atoms with van der Waals surface area (Å²) < 4.78 is 3.48. The smallest absolute Gasteiger partial charge is 0.111 e. The van der Waals surface area contributed by atoms with Gasteiger partial charge in [0.05, 0.1) is 11.0 Å². The number of hydrogen-bond donors (Lipinski definition) is 0. The standard InChI is InChI=1S/C13H14BrClN2/c14-9-4-5-12-11(8-9)16-13(6-7-15)17(12)10-2-1-3-10/h4-5,8,10H,1-3,6-7H2. The molecule has 1 fully saturated rings. The van der Waals surface area contributed by atoms with Crippen molar-refractivity contribution in [3.05, 3.63) is 28.5 Å². The van der Waals surface area contributed by atoms with Crippen LogP contribution in [0, 0.1) is 0 Å². The number of fused-ring (bicyclic) bond motifs is 1. The van der Waals surface area contributed by atoms with Gasteiger partial charge in [0.1, 0.15) is 5.82 Å². The first-order valence-electron chi connectivity index (χ1n) is 6.02. The maximum absolute atomic E-state index is 5.87. The summed E-state index contributed by atoms with van der Waals surface area (Å²) in [5, 5.41) is 0. The molecule has 0 N–H and O–H groups in total. The fourth-order valence-corrected chi connectivity index (χ4v) is 2.95. The van der Waals surface area contributed by atoms with Crippen molar-refractivity contribution < 1.29 is 0 Å². The lowest BCUT2D eigenvalue weighted by molar-refractivity contribution is 0.314. The van der Waals surface area contributed by atoms with Gasteiger partial charge in [0.25, 0.3) is 0 Å². The monoisotopic (exact) mass is 312 g/mol. The highest BCUT2D eigenvalue weighted by molar-refractivity contribution is 9.10. The number of halogens is 2. The molecular weight excluding hydrogens is 300 g/mol. The van der Waals surface area contributed by atoms with Crippen LogP contribution in [0.1, 0.15) is 31.1 Å². The number of aromatic nitrogens is 2. The Hall–Kier alpha value is -0.540. The number of rotatable bonds is 3. The van der Waals surface area contributed by atoms with E-state index in [1.54, 1.807) is 0 Å². The van der Waals surface area contributed by atoms with Crippen molar-refractivity contribution in [3.63, 3.8) is 0 Å². The van der Waals surface area contributed by atoms with Crippen LogP contribution >= 0.6 is 27.5 Å². The van der Waals surface area contributed by atoms with E-state index < -0.39 is 0 Å². The normalized spacial score (nSPS) is 16.4. The van der Waals surface area contributed by atoms with Gasteiger partial charge in [0.2, 0.25) is 0 Å². The van der Waals surface area contributed by atoms with Gasteiger partial charge in [-0.3, -0.25) is 0 Å². The Bertz CT molecular complexity index is 546. The molecule has 1 aromatic carbocycles. The molecule has 1 aliphatic carbocycles. The van der Waals surface area contributed by atoms with Crippen LogP contribution in [0.4, 0.5) is 0 Å². The summed E-state index contributed by atoms with van der Waals surface area (Å²) in [4.78, 5) is 4.71. The van der Waals surface area contributed by atoms with Crippen LogP contribution in [0.3, 0.4) is 0 Å². The Morgan fingerprint density at radius 3 is 2.88 bits per heavy atom. The second-order valence-corrected chi connectivity index (χ2v) is 5.85. The van der Waals surface area contributed by atoms with Crippen molar-refractivity contribution in [2.45, 2.75) is 31.7 Å². The highest BCUT2D eigenvalue weighted by Gasteiger charge is 2.24. The molecule has 90 valence electrons. The quantitative estimate of drug-likeness (QED) is 0.772. The Morgan fingerprint density at radius 1 is 1.41 bits per heavy atom. The van der Waals surface area contributed by atoms with E-state index in [0.29, 0.717) is 11.9 Å². The first kappa shape index (κ1) is 11.5. The molecule has 2 nitrogen and oxygen atoms in total. The molecule has 17 heavy (non-hydrogen) atoms. The average Bonchev–Trinajstić information content (AvgIpc) is 2.55. The van der Waals surface area contributed by atoms with Gasteiger partial charge in [0.15, 0.2) is 0 Å². The Labute approximate surface area is 114 Å². The largest absolute Gasteiger partial charge is 0.325 e. The lowest BCUT2D eigenvalue weighted by Gasteiger charge is -2.29. The second kappa shape index (κ2) is 4.62. The van der Waals surface area contributed by atoms with Gasteiger partial charge in [-0.25, -0.2) is 4.98 Å². The molecule has 0 saturated heterocycles. The van der Waals surface area contributed by atoms with E-state index in [9.17, 15) is 0 Å². The summed E-state index contributed by atoms with van der Waals surface area (Å²) in [7, 11) is 0. The third-order valence-electron chi connectivity index (χ3n) is 3.48. The Balaban J connectivity index is 2.16. The van der Waals surface area contributed by atoms with Crippen molar-refractivity contribution in [2.75, 3.05) is 5.88 Å².